The number of Topliss-reactive ketones (excluding diaryl/α,β-unsaturated/α-hetero) is 1. The minimum Gasteiger partial charge on any atom is -0.497 e. The summed E-state index contributed by atoms with van der Waals surface area (Å²) in [5.41, 5.74) is -0.944. The van der Waals surface area contributed by atoms with Crippen LogP contribution in [0.25, 0.3) is 0 Å². The molecule has 5 nitrogen and oxygen atoms in total. The van der Waals surface area contributed by atoms with E-state index in [-0.39, 0.29) is 17.6 Å². The highest BCUT2D eigenvalue weighted by Gasteiger charge is 2.66. The summed E-state index contributed by atoms with van der Waals surface area (Å²) in [6, 6.07) is 6.66. The number of hydrogen-bond acceptors (Lipinski definition) is 5. The Kier molecular flexibility index (Phi) is 5.41. The smallest absolute Gasteiger partial charge is 0.338 e. The largest absolute Gasteiger partial charge is 0.497 e. The Morgan fingerprint density at radius 1 is 1.25 bits per heavy atom. The van der Waals surface area contributed by atoms with E-state index in [9.17, 15) is 14.7 Å². The molecule has 1 aromatic rings. The number of methoxy groups -OCH3 is 1. The lowest BCUT2D eigenvalue weighted by atomic mass is 9.65. The van der Waals surface area contributed by atoms with E-state index in [0.29, 0.717) is 30.6 Å². The van der Waals surface area contributed by atoms with Gasteiger partial charge in [-0.05, 0) is 68.9 Å². The van der Waals surface area contributed by atoms with Crippen LogP contribution >= 0.6 is 0 Å². The number of carbonyl (C=O) groups excluding carboxylic acids is 2. The lowest BCUT2D eigenvalue weighted by Gasteiger charge is -2.44. The second-order valence-electron chi connectivity index (χ2n) is 8.67. The number of ketones is 1. The minimum atomic E-state index is -1.20. The summed E-state index contributed by atoms with van der Waals surface area (Å²) >= 11 is 0. The van der Waals surface area contributed by atoms with Crippen LogP contribution in [0.2, 0.25) is 0 Å². The van der Waals surface area contributed by atoms with Crippen LogP contribution in [0.15, 0.2) is 35.9 Å². The Labute approximate surface area is 166 Å². The van der Waals surface area contributed by atoms with Crippen LogP contribution in [0, 0.1) is 17.3 Å². The number of hydrogen-bond donors (Lipinski definition) is 1. The van der Waals surface area contributed by atoms with E-state index in [2.05, 4.69) is 0 Å². The van der Waals surface area contributed by atoms with Gasteiger partial charge in [0.1, 0.15) is 17.6 Å². The average molecular weight is 386 g/mol. The molecule has 4 unspecified atom stereocenters. The van der Waals surface area contributed by atoms with Gasteiger partial charge in [-0.1, -0.05) is 19.4 Å². The molecule has 0 radical (unpaired) electrons. The highest BCUT2D eigenvalue weighted by molar-refractivity contribution is 5.93. The van der Waals surface area contributed by atoms with Crippen LogP contribution in [-0.2, 0) is 9.53 Å². The molecule has 0 aliphatic heterocycles. The molecule has 28 heavy (non-hydrogen) atoms. The van der Waals surface area contributed by atoms with Gasteiger partial charge < -0.3 is 14.6 Å². The molecule has 1 N–H and O–H groups in total. The molecule has 3 rings (SSSR count). The molecular formula is C23H30O5. The summed E-state index contributed by atoms with van der Waals surface area (Å²) in [4.78, 5) is 25.9. The van der Waals surface area contributed by atoms with E-state index >= 15 is 0 Å². The second-order valence-corrected chi connectivity index (χ2v) is 8.67. The number of aliphatic hydroxyl groups is 1. The van der Waals surface area contributed by atoms with Crippen LogP contribution < -0.4 is 4.74 Å². The Bertz CT molecular complexity index is 794. The Morgan fingerprint density at radius 2 is 1.89 bits per heavy atom. The molecule has 1 fully saturated rings. The van der Waals surface area contributed by atoms with Crippen LogP contribution in [0.3, 0.4) is 0 Å². The molecule has 2 aliphatic rings. The zero-order chi connectivity index (χ0) is 20.7. The number of esters is 1. The lowest BCUT2D eigenvalue weighted by Crippen LogP contribution is -2.56. The summed E-state index contributed by atoms with van der Waals surface area (Å²) in [7, 11) is 1.56. The molecule has 0 amide bonds. The van der Waals surface area contributed by atoms with Gasteiger partial charge in [0.05, 0.1) is 23.7 Å². The normalized spacial score (nSPS) is 32.5. The van der Waals surface area contributed by atoms with Crippen molar-refractivity contribution in [1.29, 1.82) is 0 Å². The third-order valence-corrected chi connectivity index (χ3v) is 6.77. The minimum absolute atomic E-state index is 0.0350. The lowest BCUT2D eigenvalue weighted by molar-refractivity contribution is -0.155. The van der Waals surface area contributed by atoms with Crippen LogP contribution in [0.4, 0.5) is 0 Å². The molecule has 0 bridgehead atoms. The van der Waals surface area contributed by atoms with Gasteiger partial charge in [-0.2, -0.15) is 0 Å². The van der Waals surface area contributed by atoms with Gasteiger partial charge in [0.2, 0.25) is 0 Å². The van der Waals surface area contributed by atoms with Crippen LogP contribution in [-0.4, -0.2) is 35.7 Å². The average Bonchev–Trinajstić information content (AvgIpc) is 2.82. The first-order valence-electron chi connectivity index (χ1n) is 9.91. The Balaban J connectivity index is 1.96. The van der Waals surface area contributed by atoms with E-state index < -0.39 is 23.1 Å². The third kappa shape index (κ3) is 3.16. The summed E-state index contributed by atoms with van der Waals surface area (Å²) in [6.07, 6.45) is 2.54. The number of carbonyl (C=O) groups is 2. The van der Waals surface area contributed by atoms with E-state index in [1.807, 2.05) is 26.8 Å². The predicted molar refractivity (Wildman–Crippen MR) is 106 cm³/mol. The molecule has 5 heteroatoms. The summed E-state index contributed by atoms with van der Waals surface area (Å²) in [5, 5.41) is 11.7. The molecule has 4 atom stereocenters. The topological polar surface area (TPSA) is 72.8 Å². The fraction of sp³-hybridized carbons (Fsp3) is 0.565. The first-order chi connectivity index (χ1) is 13.1. The van der Waals surface area contributed by atoms with E-state index in [4.69, 9.17) is 9.47 Å². The summed E-state index contributed by atoms with van der Waals surface area (Å²) in [6.45, 7) is 7.78. The van der Waals surface area contributed by atoms with Crippen molar-refractivity contribution in [2.45, 2.75) is 58.7 Å². The number of ether oxygens (including phenoxy) is 2. The molecule has 0 aromatic heterocycles. The molecule has 0 saturated heterocycles. The highest BCUT2D eigenvalue weighted by atomic mass is 16.5. The fourth-order valence-corrected chi connectivity index (χ4v) is 4.80. The van der Waals surface area contributed by atoms with E-state index in [0.717, 1.165) is 5.57 Å². The number of fused-ring (bicyclic) bond motifs is 1. The molecule has 0 heterocycles. The van der Waals surface area contributed by atoms with Crippen molar-refractivity contribution in [3.05, 3.63) is 41.5 Å². The van der Waals surface area contributed by atoms with Crippen molar-refractivity contribution in [2.24, 2.45) is 17.3 Å². The van der Waals surface area contributed by atoms with Crippen molar-refractivity contribution >= 4 is 11.8 Å². The van der Waals surface area contributed by atoms with E-state index in [1.54, 1.807) is 38.3 Å². The zero-order valence-electron chi connectivity index (χ0n) is 17.3. The maximum absolute atomic E-state index is 13.1. The van der Waals surface area contributed by atoms with Crippen molar-refractivity contribution in [1.82, 2.24) is 0 Å². The van der Waals surface area contributed by atoms with Crippen molar-refractivity contribution in [2.75, 3.05) is 7.11 Å². The van der Waals surface area contributed by atoms with Gasteiger partial charge in [0.25, 0.3) is 0 Å². The number of benzene rings is 1. The monoisotopic (exact) mass is 386 g/mol. The first kappa shape index (κ1) is 20.6. The SMILES string of the molecule is COc1ccc(C(=O)OC2C=C(C)CCC3(O)C(C(C)C)CC(=O)C23C)cc1. The molecule has 1 saturated carbocycles. The molecule has 0 spiro atoms. The Hall–Kier alpha value is -2.14. The standard InChI is InChI=1S/C23H30O5/c1-14(2)18-13-19(24)22(4)20(12-15(3)10-11-23(18,22)26)28-21(25)16-6-8-17(27-5)9-7-16/h6-9,12,14,18,20,26H,10-11,13H2,1-5H3. The summed E-state index contributed by atoms with van der Waals surface area (Å²) in [5.74, 6) is 0.114. The van der Waals surface area contributed by atoms with Gasteiger partial charge in [-0.25, -0.2) is 4.79 Å². The third-order valence-electron chi connectivity index (χ3n) is 6.77. The van der Waals surface area contributed by atoms with Gasteiger partial charge in [0.15, 0.2) is 0 Å². The van der Waals surface area contributed by atoms with Crippen LogP contribution in [0.5, 0.6) is 5.75 Å². The van der Waals surface area contributed by atoms with Gasteiger partial charge in [0, 0.05) is 6.42 Å². The Morgan fingerprint density at radius 3 is 2.46 bits per heavy atom. The van der Waals surface area contributed by atoms with Crippen molar-refractivity contribution in [3.8, 4) is 5.75 Å². The summed E-state index contributed by atoms with van der Waals surface area (Å²) < 4.78 is 11.0. The maximum Gasteiger partial charge on any atom is 0.338 e. The fourth-order valence-electron chi connectivity index (χ4n) is 4.80. The van der Waals surface area contributed by atoms with Gasteiger partial charge >= 0.3 is 5.97 Å². The molecule has 1 aromatic carbocycles. The van der Waals surface area contributed by atoms with Crippen molar-refractivity contribution in [3.63, 3.8) is 0 Å². The number of allylic oxidation sites excluding steroid dienone is 1. The van der Waals surface area contributed by atoms with Gasteiger partial charge in [-0.3, -0.25) is 4.79 Å². The maximum atomic E-state index is 13.1. The first-order valence-corrected chi connectivity index (χ1v) is 9.91. The van der Waals surface area contributed by atoms with Crippen LogP contribution in [0.1, 0.15) is 57.3 Å². The highest BCUT2D eigenvalue weighted by Crippen LogP contribution is 2.56. The molecule has 2 aliphatic carbocycles. The predicted octanol–water partition coefficient (Wildman–Crippen LogP) is 3.94. The molecule has 152 valence electrons. The molecular weight excluding hydrogens is 356 g/mol. The quantitative estimate of drug-likeness (QED) is 0.627. The zero-order valence-corrected chi connectivity index (χ0v) is 17.3. The van der Waals surface area contributed by atoms with E-state index in [1.165, 1.54) is 0 Å². The van der Waals surface area contributed by atoms with Gasteiger partial charge in [-0.15, -0.1) is 0 Å². The second kappa shape index (κ2) is 7.36. The van der Waals surface area contributed by atoms with Crippen molar-refractivity contribution < 1.29 is 24.2 Å². The number of rotatable bonds is 4.